The Labute approximate surface area is 195 Å². The van der Waals surface area contributed by atoms with Crippen molar-refractivity contribution >= 4 is 59.1 Å². The third-order valence-electron chi connectivity index (χ3n) is 3.65. The highest BCUT2D eigenvalue weighted by Crippen LogP contribution is 2.29. The van der Waals surface area contributed by atoms with Crippen molar-refractivity contribution in [1.82, 2.24) is 21.3 Å². The van der Waals surface area contributed by atoms with Crippen LogP contribution in [0, 0.1) is 0 Å². The molecule has 14 heteroatoms. The van der Waals surface area contributed by atoms with Gasteiger partial charge in [-0.25, -0.2) is 0 Å². The van der Waals surface area contributed by atoms with Crippen LogP contribution in [0.5, 0.6) is 0 Å². The number of alkyl halides is 3. The van der Waals surface area contributed by atoms with Gasteiger partial charge in [-0.05, 0) is 41.9 Å². The Bertz CT molecular complexity index is 1070. The number of hydrazine groups is 1. The Morgan fingerprint density at radius 2 is 2.00 bits per heavy atom. The Morgan fingerprint density at radius 3 is 2.64 bits per heavy atom. The number of thiocarbonyl (C=S) groups is 1. The smallest absolute Gasteiger partial charge is 0.382 e. The highest BCUT2D eigenvalue weighted by molar-refractivity contribution is 7.80. The summed E-state index contributed by atoms with van der Waals surface area (Å²) in [5, 5.41) is 12.1. The number of nitrogens with two attached hydrogens (primary N) is 1. The molecule has 2 amide bonds. The molecule has 1 heterocycles. The van der Waals surface area contributed by atoms with E-state index in [1.165, 1.54) is 29.5 Å². The molecule has 5 N–H and O–H groups in total. The molecule has 0 atom stereocenters. The quantitative estimate of drug-likeness (QED) is 0.153. The summed E-state index contributed by atoms with van der Waals surface area (Å²) >= 11 is 6.35. The number of hydrogen-bond donors (Lipinski definition) is 4. The van der Waals surface area contributed by atoms with E-state index in [1.807, 2.05) is 17.5 Å². The van der Waals surface area contributed by atoms with Crippen molar-refractivity contribution < 1.29 is 22.8 Å². The van der Waals surface area contributed by atoms with Crippen molar-refractivity contribution in [3.05, 3.63) is 63.9 Å². The number of thiophene rings is 1. The largest absolute Gasteiger partial charge is 0.416 e. The van der Waals surface area contributed by atoms with E-state index in [2.05, 4.69) is 33.1 Å². The van der Waals surface area contributed by atoms with E-state index in [4.69, 9.17) is 18.0 Å². The van der Waals surface area contributed by atoms with Crippen molar-refractivity contribution in [2.24, 2.45) is 15.9 Å². The van der Waals surface area contributed by atoms with Gasteiger partial charge >= 0.3 is 6.18 Å². The fourth-order valence-electron chi connectivity index (χ4n) is 2.18. The molecule has 9 nitrogen and oxygen atoms in total. The zero-order valence-electron chi connectivity index (χ0n) is 16.8. The molecule has 2 aromatic rings. The van der Waals surface area contributed by atoms with Gasteiger partial charge in [-0.3, -0.25) is 25.8 Å². The first-order chi connectivity index (χ1) is 15.6. The Balaban J connectivity index is 1.87. The average molecular weight is 498 g/mol. The van der Waals surface area contributed by atoms with Crippen LogP contribution in [0.4, 0.5) is 13.2 Å². The van der Waals surface area contributed by atoms with Gasteiger partial charge in [0.15, 0.2) is 10.9 Å². The molecular weight excluding hydrogens is 479 g/mol. The maximum atomic E-state index is 12.8. The molecule has 0 spiro atoms. The topological polar surface area (TPSA) is 124 Å². The maximum absolute atomic E-state index is 12.8. The standard InChI is InChI=1S/C19H18F3N7O2S2/c1-24-29(28-17(23)12-4-2-5-13(10-12)19(20,21)22)11-16(31)26-27-18(32)25-15(30)8-7-14-6-3-9-33-14/h2-10H,1,11H2,(H2,23,28)(H,26,31)(H2,25,27,30,32)/b8-7+. The summed E-state index contributed by atoms with van der Waals surface area (Å²) in [5.41, 5.74) is 9.34. The molecule has 0 bridgehead atoms. The van der Waals surface area contributed by atoms with Gasteiger partial charge in [0.05, 0.1) is 5.56 Å². The predicted octanol–water partition coefficient (Wildman–Crippen LogP) is 2.04. The van der Waals surface area contributed by atoms with Crippen molar-refractivity contribution in [2.45, 2.75) is 6.18 Å². The van der Waals surface area contributed by atoms with E-state index in [9.17, 15) is 22.8 Å². The zero-order valence-corrected chi connectivity index (χ0v) is 18.4. The van der Waals surface area contributed by atoms with Gasteiger partial charge in [0.2, 0.25) is 5.91 Å². The van der Waals surface area contributed by atoms with E-state index >= 15 is 0 Å². The second-order valence-corrected chi connectivity index (χ2v) is 7.46. The minimum absolute atomic E-state index is 0.0171. The number of nitrogens with one attached hydrogen (secondary N) is 3. The normalized spacial score (nSPS) is 11.7. The summed E-state index contributed by atoms with van der Waals surface area (Å²) in [7, 11) is 0. The summed E-state index contributed by atoms with van der Waals surface area (Å²) in [6.45, 7) is 2.74. The molecule has 1 aromatic heterocycles. The van der Waals surface area contributed by atoms with E-state index in [-0.39, 0.29) is 16.5 Å². The van der Waals surface area contributed by atoms with E-state index in [0.717, 1.165) is 22.1 Å². The van der Waals surface area contributed by atoms with E-state index in [0.29, 0.717) is 0 Å². The van der Waals surface area contributed by atoms with Crippen LogP contribution in [0.1, 0.15) is 16.0 Å². The number of nitrogens with zero attached hydrogens (tertiary/aromatic N) is 3. The molecule has 2 rings (SSSR count). The number of rotatable bonds is 7. The van der Waals surface area contributed by atoms with Gasteiger partial charge in [-0.15, -0.1) is 16.4 Å². The van der Waals surface area contributed by atoms with Crippen molar-refractivity contribution in [1.29, 1.82) is 0 Å². The first-order valence-electron chi connectivity index (χ1n) is 8.95. The Morgan fingerprint density at radius 1 is 1.24 bits per heavy atom. The van der Waals surface area contributed by atoms with E-state index in [1.54, 1.807) is 6.08 Å². The predicted molar refractivity (Wildman–Crippen MR) is 124 cm³/mol. The van der Waals surface area contributed by atoms with Crippen molar-refractivity contribution in [3.63, 3.8) is 0 Å². The second kappa shape index (κ2) is 11.7. The van der Waals surface area contributed by atoms with Crippen LogP contribution < -0.4 is 21.9 Å². The Kier molecular flexibility index (Phi) is 9.06. The van der Waals surface area contributed by atoms with Gasteiger partial charge in [-0.1, -0.05) is 18.2 Å². The highest BCUT2D eigenvalue weighted by atomic mass is 32.1. The van der Waals surface area contributed by atoms with Gasteiger partial charge in [0.25, 0.3) is 5.91 Å². The van der Waals surface area contributed by atoms with Crippen LogP contribution in [-0.4, -0.2) is 41.1 Å². The lowest BCUT2D eigenvalue weighted by Gasteiger charge is -2.15. The number of hydrazone groups is 2. The van der Waals surface area contributed by atoms with Crippen molar-refractivity contribution in [2.75, 3.05) is 6.54 Å². The van der Waals surface area contributed by atoms with Gasteiger partial charge in [-0.2, -0.15) is 23.4 Å². The third kappa shape index (κ3) is 8.70. The summed E-state index contributed by atoms with van der Waals surface area (Å²) in [6.07, 6.45) is -1.68. The molecule has 0 saturated heterocycles. The SMILES string of the molecule is C=NN(CC(=O)NNC(=S)NC(=O)/C=C/c1cccs1)/N=C(\N)c1cccc(C(F)(F)F)c1. The summed E-state index contributed by atoms with van der Waals surface area (Å²) < 4.78 is 38.5. The number of amidine groups is 1. The number of carbonyl (C=O) groups is 2. The third-order valence-corrected chi connectivity index (χ3v) is 4.69. The van der Waals surface area contributed by atoms with Gasteiger partial charge in [0, 0.05) is 23.2 Å². The summed E-state index contributed by atoms with van der Waals surface area (Å²) in [5.74, 6) is -1.52. The van der Waals surface area contributed by atoms with E-state index < -0.39 is 30.1 Å². The average Bonchev–Trinajstić information content (AvgIpc) is 3.29. The lowest BCUT2D eigenvalue weighted by molar-refractivity contribution is -0.137. The molecule has 174 valence electrons. The molecule has 0 fully saturated rings. The minimum atomic E-state index is -4.55. The number of halogens is 3. The van der Waals surface area contributed by atoms with Crippen LogP contribution in [0.25, 0.3) is 6.08 Å². The molecule has 0 unspecified atom stereocenters. The van der Waals surface area contributed by atoms with Crippen LogP contribution in [0.2, 0.25) is 0 Å². The van der Waals surface area contributed by atoms with Crippen LogP contribution in [-0.2, 0) is 15.8 Å². The molecule has 0 radical (unpaired) electrons. The highest BCUT2D eigenvalue weighted by Gasteiger charge is 2.30. The van der Waals surface area contributed by atoms with Gasteiger partial charge in [0.1, 0.15) is 6.54 Å². The second-order valence-electron chi connectivity index (χ2n) is 6.08. The first-order valence-corrected chi connectivity index (χ1v) is 10.2. The number of benzene rings is 1. The maximum Gasteiger partial charge on any atom is 0.416 e. The lowest BCUT2D eigenvalue weighted by atomic mass is 10.1. The molecule has 0 aliphatic heterocycles. The number of amides is 2. The number of carbonyl (C=O) groups excluding carboxylic acids is 2. The summed E-state index contributed by atoms with van der Waals surface area (Å²) in [6, 6.07) is 7.86. The fourth-order valence-corrected chi connectivity index (χ4v) is 2.95. The van der Waals surface area contributed by atoms with Crippen LogP contribution >= 0.6 is 23.6 Å². The van der Waals surface area contributed by atoms with Crippen LogP contribution in [0.15, 0.2) is 58.1 Å². The molecule has 1 aromatic carbocycles. The van der Waals surface area contributed by atoms with Gasteiger partial charge < -0.3 is 5.73 Å². The molecule has 33 heavy (non-hydrogen) atoms. The molecular formula is C19H18F3N7O2S2. The minimum Gasteiger partial charge on any atom is -0.382 e. The lowest BCUT2D eigenvalue weighted by Crippen LogP contribution is -2.50. The molecule has 0 aliphatic carbocycles. The monoisotopic (exact) mass is 497 g/mol. The molecule has 0 aliphatic rings. The zero-order chi connectivity index (χ0) is 24.4. The van der Waals surface area contributed by atoms with Crippen molar-refractivity contribution in [3.8, 4) is 0 Å². The first kappa shape index (κ1) is 25.5. The fraction of sp³-hybridized carbons (Fsp3) is 0.105. The molecule has 0 saturated carbocycles. The Hall–Kier alpha value is -3.78. The van der Waals surface area contributed by atoms with Crippen LogP contribution in [0.3, 0.4) is 0 Å². The number of hydrogen-bond acceptors (Lipinski definition) is 7. The summed E-state index contributed by atoms with van der Waals surface area (Å²) in [4.78, 5) is 24.7.